The van der Waals surface area contributed by atoms with E-state index in [0.29, 0.717) is 11.2 Å². The molecule has 2 N–H and O–H groups in total. The predicted molar refractivity (Wildman–Crippen MR) is 42.4 cm³/mol. The van der Waals surface area contributed by atoms with Crippen LogP contribution in [0.5, 0.6) is 0 Å². The third-order valence-electron chi connectivity index (χ3n) is 1.18. The normalized spacial score (nSPS) is 16.9. The minimum absolute atomic E-state index is 0.438. The number of rotatable bonds is 0. The second-order valence-corrected chi connectivity index (χ2v) is 2.68. The highest BCUT2D eigenvalue weighted by Crippen LogP contribution is 2.14. The lowest BCUT2D eigenvalue weighted by atomic mass is 10.4. The zero-order valence-electron chi connectivity index (χ0n) is 5.25. The molecule has 0 spiro atoms. The molecule has 0 aromatic carbocycles. The largest absolute Gasteiger partial charge is 0.351 e. The van der Waals surface area contributed by atoms with Gasteiger partial charge in [-0.05, 0) is 22.0 Å². The van der Waals surface area contributed by atoms with Crippen LogP contribution in [0.3, 0.4) is 0 Å². The van der Waals surface area contributed by atoms with Gasteiger partial charge in [0.15, 0.2) is 0 Å². The van der Waals surface area contributed by atoms with Crippen LogP contribution in [0, 0.1) is 0 Å². The van der Waals surface area contributed by atoms with Crippen molar-refractivity contribution in [3.63, 3.8) is 0 Å². The Morgan fingerprint density at radius 1 is 1.80 bits per heavy atom. The van der Waals surface area contributed by atoms with Gasteiger partial charge in [-0.2, -0.15) is 0 Å². The first-order valence-corrected chi connectivity index (χ1v) is 3.60. The Hall–Kier alpha value is -0.770. The van der Waals surface area contributed by atoms with Crippen molar-refractivity contribution in [1.29, 1.82) is 0 Å². The Morgan fingerprint density at radius 2 is 2.50 bits per heavy atom. The van der Waals surface area contributed by atoms with E-state index in [1.54, 1.807) is 6.08 Å². The minimum Gasteiger partial charge on any atom is -0.351 e. The van der Waals surface area contributed by atoms with E-state index in [0.717, 1.165) is 0 Å². The number of hydrogen-bond donors (Lipinski definition) is 1. The summed E-state index contributed by atoms with van der Waals surface area (Å²) in [6.45, 7) is 0.548. The maximum absolute atomic E-state index is 10.6. The molecule has 1 aliphatic heterocycles. The molecule has 4 heteroatoms. The molecule has 1 aliphatic rings. The standard InChI is InChI=1S/C6H7BrN2O/c7-5-3-1-2-4-9(5)6(8)10/h1-3H,4H2,(H2,8,10). The maximum Gasteiger partial charge on any atom is 0.319 e. The summed E-state index contributed by atoms with van der Waals surface area (Å²) in [4.78, 5) is 12.0. The van der Waals surface area contributed by atoms with Crippen molar-refractivity contribution < 1.29 is 4.79 Å². The molecule has 0 aromatic rings. The first kappa shape index (κ1) is 7.34. The van der Waals surface area contributed by atoms with Crippen molar-refractivity contribution in [1.82, 2.24) is 4.90 Å². The Labute approximate surface area is 67.3 Å². The van der Waals surface area contributed by atoms with Crippen LogP contribution >= 0.6 is 15.9 Å². The summed E-state index contributed by atoms with van der Waals surface area (Å²) in [5, 5.41) is 0. The van der Waals surface area contributed by atoms with Crippen LogP contribution < -0.4 is 5.73 Å². The lowest BCUT2D eigenvalue weighted by Gasteiger charge is -2.19. The fraction of sp³-hybridized carbons (Fsp3) is 0.167. The Balaban J connectivity index is 2.73. The summed E-state index contributed by atoms with van der Waals surface area (Å²) in [7, 11) is 0. The van der Waals surface area contributed by atoms with Crippen molar-refractivity contribution in [2.45, 2.75) is 0 Å². The van der Waals surface area contributed by atoms with Gasteiger partial charge in [0.25, 0.3) is 0 Å². The first-order valence-electron chi connectivity index (χ1n) is 2.81. The number of amides is 2. The van der Waals surface area contributed by atoms with E-state index in [1.807, 2.05) is 12.2 Å². The number of halogens is 1. The van der Waals surface area contributed by atoms with E-state index < -0.39 is 6.03 Å². The summed E-state index contributed by atoms with van der Waals surface area (Å²) in [6, 6.07) is -0.438. The summed E-state index contributed by atoms with van der Waals surface area (Å²) < 4.78 is 0.711. The third-order valence-corrected chi connectivity index (χ3v) is 1.87. The van der Waals surface area contributed by atoms with Gasteiger partial charge in [-0.25, -0.2) is 4.79 Å². The van der Waals surface area contributed by atoms with Crippen molar-refractivity contribution in [2.24, 2.45) is 5.73 Å². The first-order chi connectivity index (χ1) is 4.72. The van der Waals surface area contributed by atoms with Crippen LogP contribution in [0.2, 0.25) is 0 Å². The number of nitrogens with two attached hydrogens (primary N) is 1. The minimum atomic E-state index is -0.438. The van der Waals surface area contributed by atoms with Gasteiger partial charge in [-0.1, -0.05) is 12.2 Å². The molecule has 0 unspecified atom stereocenters. The van der Waals surface area contributed by atoms with Crippen molar-refractivity contribution in [3.8, 4) is 0 Å². The Morgan fingerprint density at radius 3 is 2.90 bits per heavy atom. The van der Waals surface area contributed by atoms with Crippen LogP contribution in [-0.4, -0.2) is 17.5 Å². The SMILES string of the molecule is NC(=O)N1CC=CC=C1Br. The Bertz CT molecular complexity index is 210. The molecule has 0 fully saturated rings. The second kappa shape index (κ2) is 2.88. The highest BCUT2D eigenvalue weighted by molar-refractivity contribution is 9.11. The van der Waals surface area contributed by atoms with Crippen LogP contribution in [0.1, 0.15) is 0 Å². The molecule has 3 nitrogen and oxygen atoms in total. The molecule has 1 rings (SSSR count). The number of carbonyl (C=O) groups excluding carboxylic acids is 1. The van der Waals surface area contributed by atoms with E-state index in [1.165, 1.54) is 4.90 Å². The molecular formula is C6H7BrN2O. The smallest absolute Gasteiger partial charge is 0.319 e. The summed E-state index contributed by atoms with van der Waals surface area (Å²) in [6.07, 6.45) is 5.49. The number of urea groups is 1. The van der Waals surface area contributed by atoms with Gasteiger partial charge in [0.2, 0.25) is 0 Å². The van der Waals surface area contributed by atoms with Gasteiger partial charge in [0, 0.05) is 6.54 Å². The van der Waals surface area contributed by atoms with Crippen LogP contribution in [-0.2, 0) is 0 Å². The van der Waals surface area contributed by atoms with E-state index in [2.05, 4.69) is 15.9 Å². The van der Waals surface area contributed by atoms with Gasteiger partial charge in [-0.15, -0.1) is 0 Å². The number of primary amides is 1. The Kier molecular flexibility index (Phi) is 2.11. The highest BCUT2D eigenvalue weighted by Gasteiger charge is 2.11. The monoisotopic (exact) mass is 202 g/mol. The average molecular weight is 203 g/mol. The summed E-state index contributed by atoms with van der Waals surface area (Å²) >= 11 is 3.19. The summed E-state index contributed by atoms with van der Waals surface area (Å²) in [5.41, 5.74) is 5.04. The van der Waals surface area contributed by atoms with Crippen molar-refractivity contribution in [3.05, 3.63) is 22.8 Å². The van der Waals surface area contributed by atoms with Crippen LogP contribution in [0.4, 0.5) is 4.79 Å². The lowest BCUT2D eigenvalue weighted by molar-refractivity contribution is 0.227. The third kappa shape index (κ3) is 1.39. The molecule has 2 amide bonds. The number of hydrogen-bond acceptors (Lipinski definition) is 1. The second-order valence-electron chi connectivity index (χ2n) is 1.87. The zero-order chi connectivity index (χ0) is 7.56. The quantitative estimate of drug-likeness (QED) is 0.590. The zero-order valence-corrected chi connectivity index (χ0v) is 6.84. The van der Waals surface area contributed by atoms with Gasteiger partial charge in [-0.3, -0.25) is 4.90 Å². The molecule has 54 valence electrons. The van der Waals surface area contributed by atoms with E-state index in [-0.39, 0.29) is 0 Å². The highest BCUT2D eigenvalue weighted by atomic mass is 79.9. The number of carbonyl (C=O) groups is 1. The topological polar surface area (TPSA) is 46.3 Å². The molecule has 1 heterocycles. The van der Waals surface area contributed by atoms with Crippen LogP contribution in [0.15, 0.2) is 22.8 Å². The van der Waals surface area contributed by atoms with Crippen LogP contribution in [0.25, 0.3) is 0 Å². The van der Waals surface area contributed by atoms with E-state index >= 15 is 0 Å². The average Bonchev–Trinajstić information content (AvgIpc) is 1.88. The van der Waals surface area contributed by atoms with Gasteiger partial charge >= 0.3 is 6.03 Å². The van der Waals surface area contributed by atoms with Gasteiger partial charge in [0.05, 0.1) is 4.61 Å². The molecule has 0 radical (unpaired) electrons. The predicted octanol–water partition coefficient (Wildman–Crippen LogP) is 1.17. The molecule has 0 bridgehead atoms. The van der Waals surface area contributed by atoms with E-state index in [4.69, 9.17) is 5.73 Å². The molecule has 0 aliphatic carbocycles. The fourth-order valence-corrected chi connectivity index (χ4v) is 1.16. The molecule has 0 aromatic heterocycles. The molecule has 0 saturated heterocycles. The number of allylic oxidation sites excluding steroid dienone is 2. The lowest BCUT2D eigenvalue weighted by Crippen LogP contribution is -2.34. The van der Waals surface area contributed by atoms with Gasteiger partial charge < -0.3 is 5.73 Å². The molecule has 0 saturated carbocycles. The van der Waals surface area contributed by atoms with Crippen molar-refractivity contribution >= 4 is 22.0 Å². The number of nitrogens with zero attached hydrogens (tertiary/aromatic N) is 1. The summed E-state index contributed by atoms with van der Waals surface area (Å²) in [5.74, 6) is 0. The molecular weight excluding hydrogens is 196 g/mol. The van der Waals surface area contributed by atoms with E-state index in [9.17, 15) is 4.79 Å². The van der Waals surface area contributed by atoms with Crippen molar-refractivity contribution in [2.75, 3.05) is 6.54 Å². The molecule has 0 atom stereocenters. The van der Waals surface area contributed by atoms with Gasteiger partial charge in [0.1, 0.15) is 0 Å². The molecule has 10 heavy (non-hydrogen) atoms. The fourth-order valence-electron chi connectivity index (χ4n) is 0.686. The maximum atomic E-state index is 10.6.